The third-order valence-corrected chi connectivity index (χ3v) is 5.75. The Hall–Kier alpha value is -0.600. The Bertz CT molecular complexity index is 579. The fraction of sp³-hybridized carbons (Fsp3) is 0.455. The van der Waals surface area contributed by atoms with Gasteiger partial charge in [-0.25, -0.2) is 26.3 Å². The molecule has 1 aromatic rings. The normalized spacial score (nSPS) is 17.5. The van der Waals surface area contributed by atoms with Gasteiger partial charge in [0, 0.05) is 24.0 Å². The molecular weight excluding hydrogens is 347 g/mol. The van der Waals surface area contributed by atoms with Gasteiger partial charge in [-0.3, -0.25) is 0 Å². The predicted molar refractivity (Wildman–Crippen MR) is 67.0 cm³/mol. The van der Waals surface area contributed by atoms with Crippen LogP contribution in [0.5, 0.6) is 0 Å². The lowest BCUT2D eigenvalue weighted by atomic mass is 10.1. The number of benzene rings is 1. The van der Waals surface area contributed by atoms with Crippen LogP contribution in [0.15, 0.2) is 17.0 Å². The number of rotatable bonds is 5. The second-order valence-corrected chi connectivity index (χ2v) is 6.92. The summed E-state index contributed by atoms with van der Waals surface area (Å²) in [5.74, 6) is -4.03. The predicted octanol–water partition coefficient (Wildman–Crippen LogP) is 2.56. The summed E-state index contributed by atoms with van der Waals surface area (Å²) < 4.78 is 65.4. The Morgan fingerprint density at radius 2 is 1.74 bits per heavy atom. The Morgan fingerprint density at radius 1 is 1.21 bits per heavy atom. The third-order valence-electron chi connectivity index (χ3n) is 3.11. The molecule has 0 atom stereocenters. The van der Waals surface area contributed by atoms with Crippen LogP contribution in [0.2, 0.25) is 0 Å². The molecule has 0 radical (unpaired) electrons. The van der Waals surface area contributed by atoms with E-state index < -0.39 is 32.4 Å². The van der Waals surface area contributed by atoms with Crippen molar-refractivity contribution in [3.05, 3.63) is 29.6 Å². The van der Waals surface area contributed by atoms with Crippen molar-refractivity contribution in [2.75, 3.05) is 11.9 Å². The zero-order valence-electron chi connectivity index (χ0n) is 9.72. The molecule has 0 aliphatic heterocycles. The maximum absolute atomic E-state index is 13.4. The molecule has 1 aliphatic rings. The Morgan fingerprint density at radius 3 is 2.16 bits per heavy atom. The molecule has 106 valence electrons. The summed E-state index contributed by atoms with van der Waals surface area (Å²) in [6, 6.07) is 0.685. The van der Waals surface area contributed by atoms with Crippen molar-refractivity contribution in [2.45, 2.75) is 17.7 Å². The highest BCUT2D eigenvalue weighted by molar-refractivity contribution is 9.09. The molecule has 1 fully saturated rings. The molecule has 0 unspecified atom stereocenters. The quantitative estimate of drug-likeness (QED) is 0.823. The van der Waals surface area contributed by atoms with Crippen molar-refractivity contribution in [2.24, 2.45) is 5.41 Å². The summed E-state index contributed by atoms with van der Waals surface area (Å²) in [7, 11) is -4.33. The van der Waals surface area contributed by atoms with Gasteiger partial charge < -0.3 is 0 Å². The van der Waals surface area contributed by atoms with Crippen molar-refractivity contribution >= 4 is 26.0 Å². The van der Waals surface area contributed by atoms with Crippen LogP contribution in [0.1, 0.15) is 12.8 Å². The number of sulfonamides is 1. The average molecular weight is 358 g/mol. The first-order valence-corrected chi connectivity index (χ1v) is 8.10. The van der Waals surface area contributed by atoms with Gasteiger partial charge in [-0.05, 0) is 18.3 Å². The average Bonchev–Trinajstić information content (AvgIpc) is 3.05. The molecule has 0 aromatic heterocycles. The fourth-order valence-corrected chi connectivity index (χ4v) is 3.67. The standard InChI is InChI=1S/C11H11BrF3NO2S/c12-5-11(1-2-11)6-16-19(17,18)10-8(14)3-7(13)4-9(10)15/h3-4,16H,1-2,5-6H2. The molecule has 19 heavy (non-hydrogen) atoms. The van der Waals surface area contributed by atoms with E-state index in [1.807, 2.05) is 0 Å². The lowest BCUT2D eigenvalue weighted by Gasteiger charge is -2.13. The molecule has 3 nitrogen and oxygen atoms in total. The minimum Gasteiger partial charge on any atom is -0.210 e. The maximum Gasteiger partial charge on any atom is 0.246 e. The summed E-state index contributed by atoms with van der Waals surface area (Å²) in [6.45, 7) is 0.0941. The summed E-state index contributed by atoms with van der Waals surface area (Å²) in [5, 5.41) is 0.608. The topological polar surface area (TPSA) is 46.2 Å². The smallest absolute Gasteiger partial charge is 0.210 e. The highest BCUT2D eigenvalue weighted by atomic mass is 79.9. The molecule has 1 saturated carbocycles. The van der Waals surface area contributed by atoms with Crippen LogP contribution in [0, 0.1) is 22.9 Å². The van der Waals surface area contributed by atoms with E-state index in [-0.39, 0.29) is 12.0 Å². The molecule has 2 rings (SSSR count). The van der Waals surface area contributed by atoms with E-state index in [0.29, 0.717) is 17.5 Å². The van der Waals surface area contributed by atoms with Gasteiger partial charge in [0.1, 0.15) is 17.5 Å². The van der Waals surface area contributed by atoms with Gasteiger partial charge >= 0.3 is 0 Å². The molecule has 0 amide bonds. The lowest BCUT2D eigenvalue weighted by Crippen LogP contribution is -2.32. The number of hydrogen-bond acceptors (Lipinski definition) is 2. The molecule has 0 saturated heterocycles. The van der Waals surface area contributed by atoms with Crippen molar-refractivity contribution in [1.82, 2.24) is 4.72 Å². The van der Waals surface area contributed by atoms with Crippen LogP contribution in [-0.4, -0.2) is 20.3 Å². The van der Waals surface area contributed by atoms with Crippen LogP contribution in [0.4, 0.5) is 13.2 Å². The first kappa shape index (κ1) is 14.8. The van der Waals surface area contributed by atoms with Crippen molar-refractivity contribution in [3.8, 4) is 0 Å². The summed E-state index contributed by atoms with van der Waals surface area (Å²) >= 11 is 3.26. The largest absolute Gasteiger partial charge is 0.246 e. The van der Waals surface area contributed by atoms with E-state index in [0.717, 1.165) is 12.8 Å². The van der Waals surface area contributed by atoms with Crippen LogP contribution < -0.4 is 4.72 Å². The SMILES string of the molecule is O=S(=O)(NCC1(CBr)CC1)c1c(F)cc(F)cc1F. The summed E-state index contributed by atoms with van der Waals surface area (Å²) in [6.07, 6.45) is 1.68. The molecule has 0 bridgehead atoms. The highest BCUT2D eigenvalue weighted by Crippen LogP contribution is 2.46. The van der Waals surface area contributed by atoms with E-state index in [9.17, 15) is 21.6 Å². The fourth-order valence-electron chi connectivity index (χ4n) is 1.64. The van der Waals surface area contributed by atoms with Gasteiger partial charge in [-0.15, -0.1) is 0 Å². The molecular formula is C11H11BrF3NO2S. The minimum absolute atomic E-state index is 0.0941. The lowest BCUT2D eigenvalue weighted by molar-refractivity contribution is 0.487. The molecule has 1 aliphatic carbocycles. The molecule has 1 aromatic carbocycles. The van der Waals surface area contributed by atoms with Gasteiger partial charge in [-0.2, -0.15) is 0 Å². The van der Waals surface area contributed by atoms with Gasteiger partial charge in [0.15, 0.2) is 4.90 Å². The zero-order valence-corrected chi connectivity index (χ0v) is 12.1. The van der Waals surface area contributed by atoms with Crippen molar-refractivity contribution in [3.63, 3.8) is 0 Å². The second kappa shape index (κ2) is 5.06. The van der Waals surface area contributed by atoms with Gasteiger partial charge in [-0.1, -0.05) is 15.9 Å². The van der Waals surface area contributed by atoms with E-state index >= 15 is 0 Å². The van der Waals surface area contributed by atoms with Gasteiger partial charge in [0.05, 0.1) is 0 Å². The Kier molecular flexibility index (Phi) is 3.95. The Labute approximate surface area is 117 Å². The number of halogens is 4. The number of hydrogen-bond donors (Lipinski definition) is 1. The number of nitrogens with one attached hydrogen (secondary N) is 1. The van der Waals surface area contributed by atoms with E-state index in [1.54, 1.807) is 0 Å². The molecule has 0 spiro atoms. The third kappa shape index (κ3) is 3.11. The monoisotopic (exact) mass is 357 g/mol. The highest BCUT2D eigenvalue weighted by Gasteiger charge is 2.42. The van der Waals surface area contributed by atoms with Crippen molar-refractivity contribution < 1.29 is 21.6 Å². The van der Waals surface area contributed by atoms with Crippen LogP contribution in [-0.2, 0) is 10.0 Å². The maximum atomic E-state index is 13.4. The zero-order chi connectivity index (χ0) is 14.3. The first-order valence-electron chi connectivity index (χ1n) is 5.50. The van der Waals surface area contributed by atoms with Crippen molar-refractivity contribution in [1.29, 1.82) is 0 Å². The Balaban J connectivity index is 2.25. The van der Waals surface area contributed by atoms with E-state index in [1.165, 1.54) is 0 Å². The molecule has 0 heterocycles. The minimum atomic E-state index is -4.33. The number of alkyl halides is 1. The van der Waals surface area contributed by atoms with E-state index in [2.05, 4.69) is 20.7 Å². The van der Waals surface area contributed by atoms with Crippen LogP contribution in [0.25, 0.3) is 0 Å². The van der Waals surface area contributed by atoms with Crippen LogP contribution in [0.3, 0.4) is 0 Å². The summed E-state index contributed by atoms with van der Waals surface area (Å²) in [5.41, 5.74) is -0.181. The van der Waals surface area contributed by atoms with Gasteiger partial charge in [0.25, 0.3) is 0 Å². The van der Waals surface area contributed by atoms with E-state index in [4.69, 9.17) is 0 Å². The first-order chi connectivity index (χ1) is 8.80. The molecule has 1 N–H and O–H groups in total. The molecule has 8 heteroatoms. The second-order valence-electron chi connectivity index (χ2n) is 4.66. The summed E-state index contributed by atoms with van der Waals surface area (Å²) in [4.78, 5) is -1.14. The van der Waals surface area contributed by atoms with Crippen LogP contribution >= 0.6 is 15.9 Å². The van der Waals surface area contributed by atoms with Gasteiger partial charge in [0.2, 0.25) is 10.0 Å².